The van der Waals surface area contributed by atoms with Crippen molar-refractivity contribution in [2.24, 2.45) is 0 Å². The normalized spacial score (nSPS) is 10.3. The van der Waals surface area contributed by atoms with Gasteiger partial charge in [0.25, 0.3) is 0 Å². The summed E-state index contributed by atoms with van der Waals surface area (Å²) in [6.07, 6.45) is 0. The molecule has 0 heterocycles. The van der Waals surface area contributed by atoms with E-state index in [-0.39, 0.29) is 11.6 Å². The van der Waals surface area contributed by atoms with Crippen LogP contribution in [0.1, 0.15) is 11.1 Å². The largest absolute Gasteiger partial charge is 0.486 e. The fourth-order valence-corrected chi connectivity index (χ4v) is 1.77. The zero-order valence-electron chi connectivity index (χ0n) is 9.41. The summed E-state index contributed by atoms with van der Waals surface area (Å²) in [5, 5.41) is 0. The van der Waals surface area contributed by atoms with Gasteiger partial charge < -0.3 is 4.74 Å². The van der Waals surface area contributed by atoms with Crippen LogP contribution < -0.4 is 4.74 Å². The minimum absolute atomic E-state index is 0.272. The summed E-state index contributed by atoms with van der Waals surface area (Å²) in [6.45, 7) is 2.40. The summed E-state index contributed by atoms with van der Waals surface area (Å²) >= 11 is 3.20. The Kier molecular flexibility index (Phi) is 3.79. The zero-order valence-corrected chi connectivity index (χ0v) is 11.0. The van der Waals surface area contributed by atoms with E-state index >= 15 is 0 Å². The van der Waals surface area contributed by atoms with E-state index in [9.17, 15) is 4.39 Å². The Hall–Kier alpha value is -1.35. The Morgan fingerprint density at radius 1 is 1.12 bits per heavy atom. The SMILES string of the molecule is Cc1ccc(COc2ccc(Br)cc2F)cc1. The lowest BCUT2D eigenvalue weighted by Gasteiger charge is -2.07. The molecule has 17 heavy (non-hydrogen) atoms. The second-order valence-corrected chi connectivity index (χ2v) is 4.76. The van der Waals surface area contributed by atoms with Gasteiger partial charge in [0.2, 0.25) is 0 Å². The summed E-state index contributed by atoms with van der Waals surface area (Å²) in [7, 11) is 0. The monoisotopic (exact) mass is 294 g/mol. The van der Waals surface area contributed by atoms with Crippen molar-refractivity contribution in [3.05, 3.63) is 63.9 Å². The topological polar surface area (TPSA) is 9.23 Å². The zero-order chi connectivity index (χ0) is 12.3. The van der Waals surface area contributed by atoms with Crippen LogP contribution in [0.2, 0.25) is 0 Å². The van der Waals surface area contributed by atoms with E-state index in [0.29, 0.717) is 11.1 Å². The predicted octanol–water partition coefficient (Wildman–Crippen LogP) is 4.48. The van der Waals surface area contributed by atoms with Gasteiger partial charge in [-0.25, -0.2) is 4.39 Å². The van der Waals surface area contributed by atoms with Gasteiger partial charge in [-0.05, 0) is 30.7 Å². The number of hydrogen-bond donors (Lipinski definition) is 0. The van der Waals surface area contributed by atoms with Crippen LogP contribution in [0.15, 0.2) is 46.9 Å². The molecular weight excluding hydrogens is 283 g/mol. The van der Waals surface area contributed by atoms with Gasteiger partial charge in [-0.3, -0.25) is 0 Å². The number of rotatable bonds is 3. The molecule has 0 radical (unpaired) electrons. The van der Waals surface area contributed by atoms with Crippen LogP contribution in [0.4, 0.5) is 4.39 Å². The maximum absolute atomic E-state index is 13.5. The highest BCUT2D eigenvalue weighted by Gasteiger charge is 2.03. The Morgan fingerprint density at radius 2 is 1.82 bits per heavy atom. The molecule has 0 spiro atoms. The van der Waals surface area contributed by atoms with Crippen LogP contribution in [-0.2, 0) is 6.61 Å². The molecule has 88 valence electrons. The van der Waals surface area contributed by atoms with Crippen molar-refractivity contribution in [2.75, 3.05) is 0 Å². The van der Waals surface area contributed by atoms with Crippen LogP contribution >= 0.6 is 15.9 Å². The van der Waals surface area contributed by atoms with Crippen molar-refractivity contribution in [1.82, 2.24) is 0 Å². The lowest BCUT2D eigenvalue weighted by molar-refractivity contribution is 0.290. The number of halogens is 2. The highest BCUT2D eigenvalue weighted by Crippen LogP contribution is 2.22. The summed E-state index contributed by atoms with van der Waals surface area (Å²) in [6, 6.07) is 12.7. The maximum Gasteiger partial charge on any atom is 0.166 e. The molecule has 2 rings (SSSR count). The molecule has 0 aromatic heterocycles. The van der Waals surface area contributed by atoms with Gasteiger partial charge in [0.1, 0.15) is 6.61 Å². The molecule has 1 nitrogen and oxygen atoms in total. The minimum atomic E-state index is -0.355. The van der Waals surface area contributed by atoms with Gasteiger partial charge >= 0.3 is 0 Å². The number of benzene rings is 2. The van der Waals surface area contributed by atoms with Crippen LogP contribution in [0, 0.1) is 12.7 Å². The minimum Gasteiger partial charge on any atom is -0.486 e. The fourth-order valence-electron chi connectivity index (χ4n) is 1.44. The average molecular weight is 295 g/mol. The number of ether oxygens (including phenoxy) is 1. The van der Waals surface area contributed by atoms with Gasteiger partial charge in [-0.2, -0.15) is 0 Å². The van der Waals surface area contributed by atoms with Crippen LogP contribution in [0.25, 0.3) is 0 Å². The molecule has 0 saturated heterocycles. The molecule has 3 heteroatoms. The summed E-state index contributed by atoms with van der Waals surface area (Å²) in [5.41, 5.74) is 2.22. The molecule has 0 saturated carbocycles. The molecule has 0 amide bonds. The van der Waals surface area contributed by atoms with E-state index in [1.54, 1.807) is 12.1 Å². The van der Waals surface area contributed by atoms with Gasteiger partial charge in [0.05, 0.1) is 0 Å². The first-order valence-electron chi connectivity index (χ1n) is 5.28. The summed E-state index contributed by atoms with van der Waals surface area (Å²) < 4.78 is 19.6. The Bertz CT molecular complexity index is 508. The third-order valence-corrected chi connectivity index (χ3v) is 2.90. The Morgan fingerprint density at radius 3 is 2.47 bits per heavy atom. The van der Waals surface area contributed by atoms with Crippen LogP contribution in [0.3, 0.4) is 0 Å². The molecule has 0 atom stereocenters. The molecule has 2 aromatic rings. The van der Waals surface area contributed by atoms with Crippen molar-refractivity contribution in [3.63, 3.8) is 0 Å². The van der Waals surface area contributed by atoms with E-state index in [1.165, 1.54) is 11.6 Å². The van der Waals surface area contributed by atoms with E-state index in [1.807, 2.05) is 31.2 Å². The highest BCUT2D eigenvalue weighted by molar-refractivity contribution is 9.10. The lowest BCUT2D eigenvalue weighted by Crippen LogP contribution is -1.97. The molecule has 0 bridgehead atoms. The predicted molar refractivity (Wildman–Crippen MR) is 69.6 cm³/mol. The average Bonchev–Trinajstić information content (AvgIpc) is 2.30. The molecule has 2 aromatic carbocycles. The lowest BCUT2D eigenvalue weighted by atomic mass is 10.2. The molecule has 0 aliphatic carbocycles. The van der Waals surface area contributed by atoms with Crippen molar-refractivity contribution in [2.45, 2.75) is 13.5 Å². The fraction of sp³-hybridized carbons (Fsp3) is 0.143. The first kappa shape index (κ1) is 12.1. The quantitative estimate of drug-likeness (QED) is 0.811. The standard InChI is InChI=1S/C14H12BrFO/c1-10-2-4-11(5-3-10)9-17-14-7-6-12(15)8-13(14)16/h2-8H,9H2,1H3. The molecule has 0 unspecified atom stereocenters. The Balaban J connectivity index is 2.04. The highest BCUT2D eigenvalue weighted by atomic mass is 79.9. The second-order valence-electron chi connectivity index (χ2n) is 3.85. The van der Waals surface area contributed by atoms with Gasteiger partial charge in [0, 0.05) is 4.47 Å². The van der Waals surface area contributed by atoms with Crippen molar-refractivity contribution < 1.29 is 9.13 Å². The number of aryl methyl sites for hydroxylation is 1. The van der Waals surface area contributed by atoms with Gasteiger partial charge in [-0.15, -0.1) is 0 Å². The third kappa shape index (κ3) is 3.30. The molecule has 0 N–H and O–H groups in total. The molecule has 0 fully saturated rings. The van der Waals surface area contributed by atoms with Crippen molar-refractivity contribution in [3.8, 4) is 5.75 Å². The van der Waals surface area contributed by atoms with E-state index in [4.69, 9.17) is 4.74 Å². The third-order valence-electron chi connectivity index (χ3n) is 2.41. The smallest absolute Gasteiger partial charge is 0.166 e. The van der Waals surface area contributed by atoms with E-state index in [2.05, 4.69) is 15.9 Å². The summed E-state index contributed by atoms with van der Waals surface area (Å²) in [4.78, 5) is 0. The summed E-state index contributed by atoms with van der Waals surface area (Å²) in [5.74, 6) is -0.0831. The molecule has 0 aliphatic rings. The maximum atomic E-state index is 13.5. The molecular formula is C14H12BrFO. The van der Waals surface area contributed by atoms with E-state index < -0.39 is 0 Å². The van der Waals surface area contributed by atoms with Crippen LogP contribution in [-0.4, -0.2) is 0 Å². The van der Waals surface area contributed by atoms with Crippen molar-refractivity contribution >= 4 is 15.9 Å². The second kappa shape index (κ2) is 5.32. The first-order chi connectivity index (χ1) is 8.15. The number of hydrogen-bond acceptors (Lipinski definition) is 1. The molecule has 0 aliphatic heterocycles. The first-order valence-corrected chi connectivity index (χ1v) is 6.08. The Labute approximate surface area is 108 Å². The van der Waals surface area contributed by atoms with Crippen LogP contribution in [0.5, 0.6) is 5.75 Å². The van der Waals surface area contributed by atoms with Gasteiger partial charge in [0.15, 0.2) is 11.6 Å². The van der Waals surface area contributed by atoms with E-state index in [0.717, 1.165) is 5.56 Å². The van der Waals surface area contributed by atoms with Gasteiger partial charge in [-0.1, -0.05) is 45.8 Å². The van der Waals surface area contributed by atoms with Crippen molar-refractivity contribution in [1.29, 1.82) is 0 Å².